The van der Waals surface area contributed by atoms with Gasteiger partial charge in [0.1, 0.15) is 0 Å². The van der Waals surface area contributed by atoms with Gasteiger partial charge in [-0.2, -0.15) is 0 Å². The molecule has 4 heteroatoms. The summed E-state index contributed by atoms with van der Waals surface area (Å²) in [6.45, 7) is 5.37. The minimum atomic E-state index is 0.0171. The van der Waals surface area contributed by atoms with Crippen LogP contribution in [0.5, 0.6) is 11.5 Å². The minimum absolute atomic E-state index is 0.0171. The van der Waals surface area contributed by atoms with Crippen molar-refractivity contribution in [3.05, 3.63) is 23.8 Å². The van der Waals surface area contributed by atoms with Crippen molar-refractivity contribution in [1.29, 1.82) is 0 Å². The first kappa shape index (κ1) is 14.4. The van der Waals surface area contributed by atoms with Gasteiger partial charge >= 0.3 is 0 Å². The summed E-state index contributed by atoms with van der Waals surface area (Å²) in [5.41, 5.74) is 0.724. The van der Waals surface area contributed by atoms with Gasteiger partial charge in [0.2, 0.25) is 6.79 Å². The molecule has 0 bridgehead atoms. The summed E-state index contributed by atoms with van der Waals surface area (Å²) in [4.78, 5) is 15.0. The van der Waals surface area contributed by atoms with E-state index in [1.165, 1.54) is 25.7 Å². The Bertz CT molecular complexity index is 507. The van der Waals surface area contributed by atoms with E-state index >= 15 is 0 Å². The summed E-state index contributed by atoms with van der Waals surface area (Å²) in [6, 6.07) is 5.48. The molecule has 0 spiro atoms. The van der Waals surface area contributed by atoms with Gasteiger partial charge in [-0.05, 0) is 44.1 Å². The quantitative estimate of drug-likeness (QED) is 0.798. The zero-order valence-electron chi connectivity index (χ0n) is 12.6. The molecular formula is C17H23NO3. The molecule has 2 aliphatic rings. The number of hydrogen-bond acceptors (Lipinski definition) is 4. The average molecular weight is 289 g/mol. The first-order valence-corrected chi connectivity index (χ1v) is 7.90. The molecule has 0 aromatic heterocycles. The van der Waals surface area contributed by atoms with Crippen molar-refractivity contribution in [2.45, 2.75) is 32.6 Å². The SMILES string of the molecule is CC(CN1CCCCCC1)C(=O)c1ccc2c(c1)OCO2. The van der Waals surface area contributed by atoms with Gasteiger partial charge in [0, 0.05) is 18.0 Å². The van der Waals surface area contributed by atoms with Crippen molar-refractivity contribution in [2.24, 2.45) is 5.92 Å². The summed E-state index contributed by atoms with van der Waals surface area (Å²) in [5, 5.41) is 0. The van der Waals surface area contributed by atoms with E-state index < -0.39 is 0 Å². The van der Waals surface area contributed by atoms with Gasteiger partial charge in [0.25, 0.3) is 0 Å². The van der Waals surface area contributed by atoms with Crippen molar-refractivity contribution in [3.63, 3.8) is 0 Å². The van der Waals surface area contributed by atoms with Gasteiger partial charge in [-0.15, -0.1) is 0 Å². The molecule has 1 saturated heterocycles. The first-order chi connectivity index (χ1) is 10.2. The molecule has 1 aromatic rings. The Labute approximate surface area is 126 Å². The van der Waals surface area contributed by atoms with Crippen LogP contribution in [-0.4, -0.2) is 37.1 Å². The van der Waals surface area contributed by atoms with Crippen molar-refractivity contribution in [2.75, 3.05) is 26.4 Å². The molecule has 21 heavy (non-hydrogen) atoms. The van der Waals surface area contributed by atoms with Gasteiger partial charge in [-0.1, -0.05) is 19.8 Å². The Kier molecular flexibility index (Phi) is 4.44. The van der Waals surface area contributed by atoms with E-state index in [-0.39, 0.29) is 18.5 Å². The molecule has 2 heterocycles. The highest BCUT2D eigenvalue weighted by molar-refractivity contribution is 5.98. The molecule has 0 radical (unpaired) electrons. The Morgan fingerprint density at radius 2 is 1.86 bits per heavy atom. The maximum absolute atomic E-state index is 12.6. The lowest BCUT2D eigenvalue weighted by Gasteiger charge is -2.23. The van der Waals surface area contributed by atoms with Gasteiger partial charge in [0.15, 0.2) is 17.3 Å². The third kappa shape index (κ3) is 3.38. The lowest BCUT2D eigenvalue weighted by atomic mass is 9.98. The highest BCUT2D eigenvalue weighted by Gasteiger charge is 2.22. The predicted molar refractivity (Wildman–Crippen MR) is 81.0 cm³/mol. The molecule has 0 saturated carbocycles. The average Bonchev–Trinajstić information content (AvgIpc) is 2.82. The van der Waals surface area contributed by atoms with Gasteiger partial charge in [-0.3, -0.25) is 4.79 Å². The van der Waals surface area contributed by atoms with Crippen LogP contribution in [0.4, 0.5) is 0 Å². The van der Waals surface area contributed by atoms with E-state index in [0.717, 1.165) is 30.9 Å². The van der Waals surface area contributed by atoms with E-state index in [4.69, 9.17) is 9.47 Å². The highest BCUT2D eigenvalue weighted by atomic mass is 16.7. The smallest absolute Gasteiger partial charge is 0.231 e. The number of Topliss-reactive ketones (excluding diaryl/α,β-unsaturated/α-hetero) is 1. The maximum Gasteiger partial charge on any atom is 0.231 e. The number of benzene rings is 1. The van der Waals surface area contributed by atoms with Gasteiger partial charge in [0.05, 0.1) is 0 Å². The minimum Gasteiger partial charge on any atom is -0.454 e. The fourth-order valence-corrected chi connectivity index (χ4v) is 3.12. The van der Waals surface area contributed by atoms with Crippen molar-refractivity contribution in [1.82, 2.24) is 4.90 Å². The predicted octanol–water partition coefficient (Wildman–Crippen LogP) is 3.11. The van der Waals surface area contributed by atoms with Crippen LogP contribution >= 0.6 is 0 Å². The summed E-state index contributed by atoms with van der Waals surface area (Å²) >= 11 is 0. The Hall–Kier alpha value is -1.55. The molecule has 1 unspecified atom stereocenters. The molecule has 114 valence electrons. The van der Waals surface area contributed by atoms with Crippen LogP contribution in [0.25, 0.3) is 0 Å². The molecule has 1 fully saturated rings. The number of likely N-dealkylation sites (tertiary alicyclic amines) is 1. The van der Waals surface area contributed by atoms with Crippen LogP contribution in [0.15, 0.2) is 18.2 Å². The number of nitrogens with zero attached hydrogens (tertiary/aromatic N) is 1. The van der Waals surface area contributed by atoms with Crippen LogP contribution in [0.1, 0.15) is 43.0 Å². The summed E-state index contributed by atoms with van der Waals surface area (Å²) in [5.74, 6) is 1.62. The fraction of sp³-hybridized carbons (Fsp3) is 0.588. The number of hydrogen-bond donors (Lipinski definition) is 0. The van der Waals surface area contributed by atoms with E-state index in [0.29, 0.717) is 5.75 Å². The Balaban J connectivity index is 1.63. The van der Waals surface area contributed by atoms with Crippen LogP contribution < -0.4 is 9.47 Å². The van der Waals surface area contributed by atoms with Crippen LogP contribution in [-0.2, 0) is 0 Å². The lowest BCUT2D eigenvalue weighted by molar-refractivity contribution is 0.0894. The molecule has 0 amide bonds. The fourth-order valence-electron chi connectivity index (χ4n) is 3.12. The zero-order valence-corrected chi connectivity index (χ0v) is 12.6. The second-order valence-electron chi connectivity index (χ2n) is 6.05. The number of ketones is 1. The number of carbonyl (C=O) groups is 1. The Morgan fingerprint density at radius 1 is 1.14 bits per heavy atom. The summed E-state index contributed by atoms with van der Waals surface area (Å²) in [6.07, 6.45) is 5.15. The van der Waals surface area contributed by atoms with E-state index in [9.17, 15) is 4.79 Å². The summed E-state index contributed by atoms with van der Waals surface area (Å²) in [7, 11) is 0. The van der Waals surface area contributed by atoms with E-state index in [1.54, 1.807) is 0 Å². The zero-order chi connectivity index (χ0) is 14.7. The van der Waals surface area contributed by atoms with E-state index in [1.807, 2.05) is 25.1 Å². The third-order valence-corrected chi connectivity index (χ3v) is 4.34. The van der Waals surface area contributed by atoms with Crippen molar-refractivity contribution >= 4 is 5.78 Å². The normalized spacial score (nSPS) is 20.0. The monoisotopic (exact) mass is 289 g/mol. The number of rotatable bonds is 4. The molecule has 2 aliphatic heterocycles. The van der Waals surface area contributed by atoms with Crippen LogP contribution in [0.2, 0.25) is 0 Å². The van der Waals surface area contributed by atoms with Crippen LogP contribution in [0, 0.1) is 5.92 Å². The molecule has 1 atom stereocenters. The standard InChI is InChI=1S/C17H23NO3/c1-13(11-18-8-4-2-3-5-9-18)17(19)14-6-7-15-16(10-14)21-12-20-15/h6-7,10,13H,2-5,8-9,11-12H2,1H3. The van der Waals surface area contributed by atoms with Crippen molar-refractivity contribution < 1.29 is 14.3 Å². The highest BCUT2D eigenvalue weighted by Crippen LogP contribution is 2.33. The topological polar surface area (TPSA) is 38.8 Å². The van der Waals surface area contributed by atoms with Gasteiger partial charge < -0.3 is 14.4 Å². The second kappa shape index (κ2) is 6.48. The third-order valence-electron chi connectivity index (χ3n) is 4.34. The largest absolute Gasteiger partial charge is 0.454 e. The van der Waals surface area contributed by atoms with Crippen LogP contribution in [0.3, 0.4) is 0 Å². The molecule has 0 aliphatic carbocycles. The number of ether oxygens (including phenoxy) is 2. The molecule has 4 nitrogen and oxygen atoms in total. The first-order valence-electron chi connectivity index (χ1n) is 7.90. The lowest BCUT2D eigenvalue weighted by Crippen LogP contribution is -2.32. The molecule has 3 rings (SSSR count). The Morgan fingerprint density at radius 3 is 2.62 bits per heavy atom. The molecule has 1 aromatic carbocycles. The summed E-state index contributed by atoms with van der Waals surface area (Å²) < 4.78 is 10.6. The number of fused-ring (bicyclic) bond motifs is 1. The maximum atomic E-state index is 12.6. The number of carbonyl (C=O) groups excluding carboxylic acids is 1. The van der Waals surface area contributed by atoms with Crippen molar-refractivity contribution in [3.8, 4) is 11.5 Å². The van der Waals surface area contributed by atoms with E-state index in [2.05, 4.69) is 4.90 Å². The molecular weight excluding hydrogens is 266 g/mol. The van der Waals surface area contributed by atoms with Gasteiger partial charge in [-0.25, -0.2) is 0 Å². The second-order valence-corrected chi connectivity index (χ2v) is 6.05. The molecule has 0 N–H and O–H groups in total.